The van der Waals surface area contributed by atoms with Crippen LogP contribution in [0.15, 0.2) is 51.3 Å². The Kier molecular flexibility index (Phi) is 4.41. The standard InChI is InChI=1S/C21H21N3O5/c1-13-8-9-15(28-13)11-23(3)18(25)12-24-19(26)21(2,22-20(24)27)17-10-14-6-4-5-7-16(14)29-17/h4-10H,11-12H2,1-3H3,(H,22,27). The number of urea groups is 1. The fraction of sp³-hybridized carbons (Fsp3) is 0.286. The molecular weight excluding hydrogens is 374 g/mol. The zero-order valence-electron chi connectivity index (χ0n) is 16.4. The average molecular weight is 395 g/mol. The van der Waals surface area contributed by atoms with E-state index in [0.717, 1.165) is 16.0 Å². The van der Waals surface area contributed by atoms with Crippen molar-refractivity contribution in [3.05, 3.63) is 59.7 Å². The van der Waals surface area contributed by atoms with Gasteiger partial charge in [-0.05, 0) is 38.1 Å². The van der Waals surface area contributed by atoms with E-state index in [2.05, 4.69) is 5.32 Å². The second-order valence-corrected chi connectivity index (χ2v) is 7.36. The molecule has 1 fully saturated rings. The molecule has 3 aromatic rings. The summed E-state index contributed by atoms with van der Waals surface area (Å²) in [5, 5.41) is 3.49. The molecule has 1 atom stereocenters. The first-order chi connectivity index (χ1) is 13.8. The molecule has 150 valence electrons. The summed E-state index contributed by atoms with van der Waals surface area (Å²) in [6, 6.07) is 12.0. The molecule has 0 bridgehead atoms. The minimum atomic E-state index is -1.37. The lowest BCUT2D eigenvalue weighted by Gasteiger charge is -2.21. The SMILES string of the molecule is Cc1ccc(CN(C)C(=O)CN2C(=O)NC(C)(c3cc4ccccc4o3)C2=O)o1. The molecule has 0 radical (unpaired) electrons. The number of nitrogens with zero attached hydrogens (tertiary/aromatic N) is 2. The quantitative estimate of drug-likeness (QED) is 0.670. The Morgan fingerprint density at radius 2 is 1.93 bits per heavy atom. The van der Waals surface area contributed by atoms with E-state index in [-0.39, 0.29) is 19.0 Å². The summed E-state index contributed by atoms with van der Waals surface area (Å²) < 4.78 is 11.3. The van der Waals surface area contributed by atoms with Crippen molar-refractivity contribution in [2.24, 2.45) is 0 Å². The molecule has 4 rings (SSSR count). The van der Waals surface area contributed by atoms with Gasteiger partial charge < -0.3 is 19.1 Å². The molecule has 0 spiro atoms. The Hall–Kier alpha value is -3.55. The van der Waals surface area contributed by atoms with Crippen LogP contribution in [0, 0.1) is 6.92 Å². The molecule has 8 heteroatoms. The normalized spacial score (nSPS) is 19.1. The lowest BCUT2D eigenvalue weighted by molar-refractivity contribution is -0.138. The number of furan rings is 2. The molecule has 2 aromatic heterocycles. The fourth-order valence-corrected chi connectivity index (χ4v) is 3.38. The number of carbonyl (C=O) groups excluding carboxylic acids is 3. The van der Waals surface area contributed by atoms with Crippen LogP contribution in [0.2, 0.25) is 0 Å². The average Bonchev–Trinajstić information content (AvgIpc) is 3.35. The molecule has 8 nitrogen and oxygen atoms in total. The van der Waals surface area contributed by atoms with Crippen molar-refractivity contribution in [1.82, 2.24) is 15.1 Å². The number of nitrogens with one attached hydrogen (secondary N) is 1. The number of rotatable bonds is 5. The summed E-state index contributed by atoms with van der Waals surface area (Å²) >= 11 is 0. The second-order valence-electron chi connectivity index (χ2n) is 7.36. The van der Waals surface area contributed by atoms with Gasteiger partial charge in [0.05, 0.1) is 6.54 Å². The maximum Gasteiger partial charge on any atom is 0.325 e. The van der Waals surface area contributed by atoms with E-state index in [9.17, 15) is 14.4 Å². The molecule has 3 heterocycles. The Labute approximate surface area is 167 Å². The van der Waals surface area contributed by atoms with E-state index in [4.69, 9.17) is 8.83 Å². The molecule has 4 amide bonds. The van der Waals surface area contributed by atoms with Gasteiger partial charge in [0.1, 0.15) is 29.4 Å². The van der Waals surface area contributed by atoms with Crippen LogP contribution >= 0.6 is 0 Å². The topological polar surface area (TPSA) is 96.0 Å². The van der Waals surface area contributed by atoms with Gasteiger partial charge >= 0.3 is 6.03 Å². The van der Waals surface area contributed by atoms with Gasteiger partial charge in [-0.15, -0.1) is 0 Å². The minimum Gasteiger partial charge on any atom is -0.464 e. The van der Waals surface area contributed by atoms with Crippen molar-refractivity contribution in [2.45, 2.75) is 25.9 Å². The Bertz CT molecular complexity index is 1080. The smallest absolute Gasteiger partial charge is 0.325 e. The van der Waals surface area contributed by atoms with Gasteiger partial charge in [-0.3, -0.25) is 14.5 Å². The number of imide groups is 1. The third-order valence-electron chi connectivity index (χ3n) is 5.10. The first-order valence-electron chi connectivity index (χ1n) is 9.20. The van der Waals surface area contributed by atoms with Crippen LogP contribution in [0.5, 0.6) is 0 Å². The number of para-hydroxylation sites is 1. The van der Waals surface area contributed by atoms with E-state index < -0.39 is 17.5 Å². The molecule has 0 saturated carbocycles. The maximum absolute atomic E-state index is 13.0. The summed E-state index contributed by atoms with van der Waals surface area (Å²) in [5.41, 5.74) is -0.749. The number of fused-ring (bicyclic) bond motifs is 1. The first kappa shape index (κ1) is 18.8. The largest absolute Gasteiger partial charge is 0.464 e. The summed E-state index contributed by atoms with van der Waals surface area (Å²) in [6.45, 7) is 3.27. The lowest BCUT2D eigenvalue weighted by Crippen LogP contribution is -2.43. The van der Waals surface area contributed by atoms with Gasteiger partial charge in [-0.2, -0.15) is 0 Å². The third kappa shape index (κ3) is 3.26. The van der Waals surface area contributed by atoms with Crippen molar-refractivity contribution >= 4 is 28.8 Å². The van der Waals surface area contributed by atoms with Crippen molar-refractivity contribution in [2.75, 3.05) is 13.6 Å². The molecule has 1 N–H and O–H groups in total. The summed E-state index contributed by atoms with van der Waals surface area (Å²) in [6.07, 6.45) is 0. The zero-order chi connectivity index (χ0) is 20.8. The highest BCUT2D eigenvalue weighted by molar-refractivity contribution is 6.09. The van der Waals surface area contributed by atoms with Crippen LogP contribution in [0.1, 0.15) is 24.2 Å². The van der Waals surface area contributed by atoms with Crippen LogP contribution in [-0.2, 0) is 21.7 Å². The molecule has 29 heavy (non-hydrogen) atoms. The highest BCUT2D eigenvalue weighted by Gasteiger charge is 2.51. The van der Waals surface area contributed by atoms with E-state index >= 15 is 0 Å². The third-order valence-corrected chi connectivity index (χ3v) is 5.10. The first-order valence-corrected chi connectivity index (χ1v) is 9.20. The predicted octanol–water partition coefficient (Wildman–Crippen LogP) is 2.76. The highest BCUT2D eigenvalue weighted by Crippen LogP contribution is 2.33. The van der Waals surface area contributed by atoms with Gasteiger partial charge in [-0.1, -0.05) is 18.2 Å². The molecule has 1 saturated heterocycles. The van der Waals surface area contributed by atoms with Crippen LogP contribution in [0.3, 0.4) is 0 Å². The molecule has 1 unspecified atom stereocenters. The van der Waals surface area contributed by atoms with Crippen LogP contribution in [0.4, 0.5) is 4.79 Å². The van der Waals surface area contributed by atoms with Crippen molar-refractivity contribution < 1.29 is 23.2 Å². The fourth-order valence-electron chi connectivity index (χ4n) is 3.38. The Morgan fingerprint density at radius 1 is 1.17 bits per heavy atom. The molecule has 0 aliphatic carbocycles. The highest BCUT2D eigenvalue weighted by atomic mass is 16.3. The monoisotopic (exact) mass is 395 g/mol. The van der Waals surface area contributed by atoms with Gasteiger partial charge in [0.25, 0.3) is 5.91 Å². The van der Waals surface area contributed by atoms with E-state index in [1.54, 1.807) is 32.2 Å². The van der Waals surface area contributed by atoms with Crippen molar-refractivity contribution in [3.8, 4) is 0 Å². The Balaban J connectivity index is 1.50. The number of benzene rings is 1. The van der Waals surface area contributed by atoms with Crippen molar-refractivity contribution in [1.29, 1.82) is 0 Å². The van der Waals surface area contributed by atoms with Crippen LogP contribution in [-0.4, -0.2) is 41.2 Å². The number of hydrogen-bond acceptors (Lipinski definition) is 5. The second kappa shape index (κ2) is 6.80. The van der Waals surface area contributed by atoms with E-state index in [0.29, 0.717) is 17.1 Å². The molecule has 1 aliphatic rings. The van der Waals surface area contributed by atoms with Gasteiger partial charge in [0.15, 0.2) is 5.54 Å². The molecule has 1 aliphatic heterocycles. The maximum atomic E-state index is 13.0. The minimum absolute atomic E-state index is 0.247. The molecular formula is C21H21N3O5. The predicted molar refractivity (Wildman–Crippen MR) is 104 cm³/mol. The van der Waals surface area contributed by atoms with Gasteiger partial charge in [-0.25, -0.2) is 4.79 Å². The van der Waals surface area contributed by atoms with Crippen LogP contribution in [0.25, 0.3) is 11.0 Å². The summed E-state index contributed by atoms with van der Waals surface area (Å²) in [4.78, 5) is 40.4. The zero-order valence-corrected chi connectivity index (χ0v) is 16.4. The van der Waals surface area contributed by atoms with Gasteiger partial charge in [0.2, 0.25) is 5.91 Å². The van der Waals surface area contributed by atoms with Crippen LogP contribution < -0.4 is 5.32 Å². The van der Waals surface area contributed by atoms with E-state index in [1.807, 2.05) is 31.2 Å². The number of aryl methyl sites for hydroxylation is 1. The summed E-state index contributed by atoms with van der Waals surface area (Å²) in [5.74, 6) is 0.791. The number of likely N-dealkylation sites (N-methyl/N-ethyl adjacent to an activating group) is 1. The van der Waals surface area contributed by atoms with Crippen molar-refractivity contribution in [3.63, 3.8) is 0 Å². The number of carbonyl (C=O) groups is 3. The van der Waals surface area contributed by atoms with Gasteiger partial charge in [0, 0.05) is 12.4 Å². The summed E-state index contributed by atoms with van der Waals surface area (Å²) in [7, 11) is 1.59. The number of hydrogen-bond donors (Lipinski definition) is 1. The molecule has 1 aromatic carbocycles. The van der Waals surface area contributed by atoms with E-state index in [1.165, 1.54) is 4.90 Å². The Morgan fingerprint density at radius 3 is 2.62 bits per heavy atom. The number of amides is 4. The lowest BCUT2D eigenvalue weighted by atomic mass is 9.99.